The molecule has 3 aliphatic rings. The van der Waals surface area contributed by atoms with Gasteiger partial charge in [-0.1, -0.05) is 18.2 Å². The fourth-order valence-electron chi connectivity index (χ4n) is 6.66. The van der Waals surface area contributed by atoms with Crippen molar-refractivity contribution < 1.29 is 49.8 Å². The summed E-state index contributed by atoms with van der Waals surface area (Å²) < 4.78 is 5.10. The molecule has 4 atom stereocenters. The van der Waals surface area contributed by atoms with Crippen LogP contribution in [0, 0.1) is 11.8 Å². The zero-order valence-electron chi connectivity index (χ0n) is 23.7. The molecule has 0 radical (unpaired) electrons. The van der Waals surface area contributed by atoms with Crippen LogP contribution in [0.1, 0.15) is 28.7 Å². The number of benzene rings is 2. The zero-order valence-corrected chi connectivity index (χ0v) is 23.7. The number of amides is 1. The summed E-state index contributed by atoms with van der Waals surface area (Å²) in [7, 11) is 4.46. The van der Waals surface area contributed by atoms with E-state index in [-0.39, 0.29) is 53.4 Å². The number of hydrogen-bond donors (Lipinski definition) is 7. The Labute approximate surface area is 246 Å². The Morgan fingerprint density at radius 1 is 1.09 bits per heavy atom. The predicted molar refractivity (Wildman–Crippen MR) is 153 cm³/mol. The van der Waals surface area contributed by atoms with E-state index in [4.69, 9.17) is 10.5 Å². The molecule has 5 rings (SSSR count). The molecule has 0 aromatic heterocycles. The molecule has 43 heavy (non-hydrogen) atoms. The molecular formula is C31H32N2O10. The van der Waals surface area contributed by atoms with Gasteiger partial charge in [-0.15, -0.1) is 0 Å². The second-order valence-electron chi connectivity index (χ2n) is 11.2. The van der Waals surface area contributed by atoms with Crippen molar-refractivity contribution in [2.45, 2.75) is 30.9 Å². The lowest BCUT2D eigenvalue weighted by atomic mass is 9.57. The molecule has 0 aliphatic heterocycles. The van der Waals surface area contributed by atoms with Gasteiger partial charge in [-0.25, -0.2) is 0 Å². The number of ether oxygens (including phenoxy) is 1. The summed E-state index contributed by atoms with van der Waals surface area (Å²) in [6.07, 6.45) is 3.81. The van der Waals surface area contributed by atoms with Crippen LogP contribution in [0.25, 0.3) is 11.8 Å². The quantitative estimate of drug-likeness (QED) is 0.240. The molecule has 0 spiro atoms. The van der Waals surface area contributed by atoms with Gasteiger partial charge in [-0.2, -0.15) is 0 Å². The minimum Gasteiger partial charge on any atom is -0.508 e. The average molecular weight is 593 g/mol. The Balaban J connectivity index is 1.59. The van der Waals surface area contributed by atoms with E-state index >= 15 is 0 Å². The normalized spacial score (nSPS) is 25.2. The molecule has 0 heterocycles. The van der Waals surface area contributed by atoms with E-state index in [0.717, 1.165) is 0 Å². The highest BCUT2D eigenvalue weighted by Crippen LogP contribution is 2.53. The van der Waals surface area contributed by atoms with E-state index in [1.165, 1.54) is 44.3 Å². The summed E-state index contributed by atoms with van der Waals surface area (Å²) in [5, 5.41) is 64.8. The number of aromatic hydroxyl groups is 3. The van der Waals surface area contributed by atoms with Crippen LogP contribution < -0.4 is 10.5 Å². The Morgan fingerprint density at radius 3 is 2.42 bits per heavy atom. The summed E-state index contributed by atoms with van der Waals surface area (Å²) >= 11 is 0. The van der Waals surface area contributed by atoms with Crippen molar-refractivity contribution in [2.75, 3.05) is 21.2 Å². The van der Waals surface area contributed by atoms with Gasteiger partial charge < -0.3 is 41.1 Å². The fraction of sp³-hybridized carbons (Fsp3) is 0.323. The molecule has 12 heteroatoms. The van der Waals surface area contributed by atoms with E-state index in [0.29, 0.717) is 16.7 Å². The van der Waals surface area contributed by atoms with Crippen molar-refractivity contribution >= 4 is 29.3 Å². The van der Waals surface area contributed by atoms with E-state index in [1.54, 1.807) is 18.2 Å². The zero-order chi connectivity index (χ0) is 31.5. The van der Waals surface area contributed by atoms with Crippen LogP contribution >= 0.6 is 0 Å². The molecule has 1 amide bonds. The number of aliphatic hydroxyl groups is 3. The van der Waals surface area contributed by atoms with E-state index in [2.05, 4.69) is 0 Å². The molecule has 12 nitrogen and oxygen atoms in total. The number of likely N-dealkylation sites (N-methyl/N-ethyl adjacent to an activating group) is 1. The van der Waals surface area contributed by atoms with Crippen molar-refractivity contribution in [1.29, 1.82) is 0 Å². The Bertz CT molecular complexity index is 1670. The highest BCUT2D eigenvalue weighted by Gasteiger charge is 2.64. The topological polar surface area (TPSA) is 211 Å². The third kappa shape index (κ3) is 4.41. The summed E-state index contributed by atoms with van der Waals surface area (Å²) in [5.74, 6) is -7.26. The van der Waals surface area contributed by atoms with Gasteiger partial charge in [-0.3, -0.25) is 19.3 Å². The van der Waals surface area contributed by atoms with Gasteiger partial charge in [0.25, 0.3) is 5.91 Å². The van der Waals surface area contributed by atoms with Crippen LogP contribution in [-0.4, -0.2) is 85.9 Å². The van der Waals surface area contributed by atoms with Crippen LogP contribution in [-0.2, 0) is 27.2 Å². The molecule has 2 aromatic rings. The number of nitrogens with two attached hydrogens (primary N) is 1. The van der Waals surface area contributed by atoms with Crippen molar-refractivity contribution in [1.82, 2.24) is 4.90 Å². The van der Waals surface area contributed by atoms with Gasteiger partial charge in [0, 0.05) is 23.1 Å². The number of rotatable bonds is 6. The molecule has 8 N–H and O–H groups in total. The highest BCUT2D eigenvalue weighted by molar-refractivity contribution is 6.24. The molecular weight excluding hydrogens is 560 g/mol. The van der Waals surface area contributed by atoms with Gasteiger partial charge in [0.05, 0.1) is 18.7 Å². The summed E-state index contributed by atoms with van der Waals surface area (Å²) in [6.45, 7) is 0. The molecule has 1 saturated carbocycles. The number of phenolic OH excluding ortho intramolecular Hbond substituents is 3. The Kier molecular flexibility index (Phi) is 7.23. The second-order valence-corrected chi connectivity index (χ2v) is 11.2. The number of allylic oxidation sites excluding steroid dienone is 1. The lowest BCUT2D eigenvalue weighted by Gasteiger charge is -2.50. The Hall–Kier alpha value is -4.81. The molecule has 0 unspecified atom stereocenters. The predicted octanol–water partition coefficient (Wildman–Crippen LogP) is 1.64. The molecule has 226 valence electrons. The first kappa shape index (κ1) is 29.7. The van der Waals surface area contributed by atoms with Crippen LogP contribution in [0.3, 0.4) is 0 Å². The number of hydrogen-bond acceptors (Lipinski definition) is 11. The first-order chi connectivity index (χ1) is 20.2. The number of primary amides is 1. The molecule has 2 aromatic carbocycles. The van der Waals surface area contributed by atoms with Gasteiger partial charge >= 0.3 is 0 Å². The number of ketones is 2. The van der Waals surface area contributed by atoms with Gasteiger partial charge in [-0.05, 0) is 62.5 Å². The van der Waals surface area contributed by atoms with E-state index < -0.39 is 58.0 Å². The van der Waals surface area contributed by atoms with Crippen LogP contribution in [0.5, 0.6) is 23.0 Å². The minimum atomic E-state index is -2.70. The standard InChI is InChI=1S/C31H32N2O10/c1-33(2)25-17-10-15-9-16-13(5-4-6-14-11-21(43-3)20(36)12-19(14)35)7-8-18(34)23(16)26(37)22(15)28(39)31(17,42)29(40)24(27(25)38)30(32)41/h4-5,7-8,11-12,15,17,25,34-37,40,42H,6,9-10H2,1-3H3,(H2,32,41)/b5-4-/t15-,17-,25-,31-/m0/s1. The largest absolute Gasteiger partial charge is 0.508 e. The van der Waals surface area contributed by atoms with Crippen LogP contribution in [0.4, 0.5) is 0 Å². The lowest BCUT2D eigenvalue weighted by molar-refractivity contribution is -0.153. The van der Waals surface area contributed by atoms with Crippen LogP contribution in [0.15, 0.2) is 47.2 Å². The fourth-order valence-corrected chi connectivity index (χ4v) is 6.66. The van der Waals surface area contributed by atoms with E-state index in [1.807, 2.05) is 0 Å². The number of methoxy groups -OCH3 is 1. The first-order valence-electron chi connectivity index (χ1n) is 13.5. The number of Topliss-reactive ketones (excluding diaryl/α,β-unsaturated/α-hetero) is 2. The van der Waals surface area contributed by atoms with Crippen molar-refractivity contribution in [3.8, 4) is 23.0 Å². The molecule has 3 aliphatic carbocycles. The molecule has 0 bridgehead atoms. The first-order valence-corrected chi connectivity index (χ1v) is 13.5. The number of nitrogens with zero attached hydrogens (tertiary/aromatic N) is 1. The van der Waals surface area contributed by atoms with Crippen molar-refractivity contribution in [2.24, 2.45) is 17.6 Å². The summed E-state index contributed by atoms with van der Waals surface area (Å²) in [4.78, 5) is 40.7. The number of carbonyl (C=O) groups excluding carboxylic acids is 3. The number of fused-ring (bicyclic) bond motifs is 3. The maximum absolute atomic E-state index is 13.9. The smallest absolute Gasteiger partial charge is 0.255 e. The Morgan fingerprint density at radius 2 is 1.79 bits per heavy atom. The SMILES string of the molecule is COc1cc(C/C=C\c2ccc(O)c3c2C[C@H]2C[C@H]4[C@H](N(C)C)C(=O)C(C(N)=O)=C(O)[C@@]4(O)C(=O)C2=C3O)c(O)cc1O. The maximum atomic E-state index is 13.9. The van der Waals surface area contributed by atoms with Crippen molar-refractivity contribution in [3.05, 3.63) is 69.5 Å². The molecule has 0 saturated heterocycles. The van der Waals surface area contributed by atoms with Gasteiger partial charge in [0.2, 0.25) is 5.78 Å². The number of aliphatic hydroxyl groups excluding tert-OH is 2. The maximum Gasteiger partial charge on any atom is 0.255 e. The second kappa shape index (κ2) is 10.5. The highest BCUT2D eigenvalue weighted by atomic mass is 16.5. The molecule has 1 fully saturated rings. The van der Waals surface area contributed by atoms with Gasteiger partial charge in [0.1, 0.15) is 28.6 Å². The number of carbonyl (C=O) groups is 3. The third-order valence-electron chi connectivity index (χ3n) is 8.66. The lowest BCUT2D eigenvalue weighted by Crippen LogP contribution is -2.65. The summed E-state index contributed by atoms with van der Waals surface area (Å²) in [5.41, 5.74) is 3.11. The van der Waals surface area contributed by atoms with E-state index in [9.17, 15) is 45.0 Å². The van der Waals surface area contributed by atoms with Crippen LogP contribution in [0.2, 0.25) is 0 Å². The van der Waals surface area contributed by atoms with Gasteiger partial charge in [0.15, 0.2) is 22.9 Å². The third-order valence-corrected chi connectivity index (χ3v) is 8.66. The number of phenols is 3. The summed E-state index contributed by atoms with van der Waals surface area (Å²) in [6, 6.07) is 4.47. The van der Waals surface area contributed by atoms with Crippen molar-refractivity contribution in [3.63, 3.8) is 0 Å². The monoisotopic (exact) mass is 592 g/mol. The minimum absolute atomic E-state index is 0.0208. The average Bonchev–Trinajstić information content (AvgIpc) is 2.92.